The molecule has 0 amide bonds. The first-order valence-electron chi connectivity index (χ1n) is 6.40. The number of aryl methyl sites for hydroxylation is 1. The summed E-state index contributed by atoms with van der Waals surface area (Å²) in [6.45, 7) is 7.88. The number of carbonyl (C=O) groups is 1. The van der Waals surface area contributed by atoms with Gasteiger partial charge in [0.25, 0.3) is 0 Å². The minimum atomic E-state index is -0.711. The van der Waals surface area contributed by atoms with Gasteiger partial charge in [-0.05, 0) is 51.5 Å². The van der Waals surface area contributed by atoms with E-state index in [0.29, 0.717) is 6.61 Å². The molecule has 1 aromatic rings. The lowest BCUT2D eigenvalue weighted by atomic mass is 10.0. The number of ether oxygens (including phenoxy) is 2. The topological polar surface area (TPSA) is 38.8 Å². The van der Waals surface area contributed by atoms with Gasteiger partial charge in [0.2, 0.25) is 0 Å². The molecular weight excluding hydrogens is 242 g/mol. The molecule has 0 aliphatic carbocycles. The SMILES string of the molecule is CCOC(=O)C(C)(C)N(C)c1ccc(OC)c(C)c1. The first-order valence-corrected chi connectivity index (χ1v) is 6.40. The Labute approximate surface area is 115 Å². The quantitative estimate of drug-likeness (QED) is 0.767. The van der Waals surface area contributed by atoms with Gasteiger partial charge in [-0.25, -0.2) is 4.79 Å². The van der Waals surface area contributed by atoms with Crippen LogP contribution in [0.1, 0.15) is 26.3 Å². The minimum absolute atomic E-state index is 0.231. The highest BCUT2D eigenvalue weighted by molar-refractivity contribution is 5.84. The van der Waals surface area contributed by atoms with Gasteiger partial charge in [-0.1, -0.05) is 0 Å². The first kappa shape index (κ1) is 15.3. The molecule has 0 fully saturated rings. The zero-order valence-corrected chi connectivity index (χ0v) is 12.6. The summed E-state index contributed by atoms with van der Waals surface area (Å²) in [6.07, 6.45) is 0. The lowest BCUT2D eigenvalue weighted by Gasteiger charge is -2.35. The van der Waals surface area contributed by atoms with Crippen LogP contribution in [0.5, 0.6) is 5.75 Å². The summed E-state index contributed by atoms with van der Waals surface area (Å²) in [6, 6.07) is 5.84. The van der Waals surface area contributed by atoms with Gasteiger partial charge < -0.3 is 14.4 Å². The van der Waals surface area contributed by atoms with Crippen molar-refractivity contribution in [2.75, 3.05) is 25.7 Å². The molecule has 106 valence electrons. The van der Waals surface area contributed by atoms with Crippen molar-refractivity contribution in [3.8, 4) is 5.75 Å². The van der Waals surface area contributed by atoms with Crippen molar-refractivity contribution in [2.45, 2.75) is 33.2 Å². The second-order valence-electron chi connectivity index (χ2n) is 4.99. The number of benzene rings is 1. The minimum Gasteiger partial charge on any atom is -0.496 e. The van der Waals surface area contributed by atoms with E-state index in [1.54, 1.807) is 7.11 Å². The number of nitrogens with zero attached hydrogens (tertiary/aromatic N) is 1. The van der Waals surface area contributed by atoms with Gasteiger partial charge in [-0.3, -0.25) is 0 Å². The fourth-order valence-corrected chi connectivity index (χ4v) is 1.84. The molecule has 0 heterocycles. The average Bonchev–Trinajstić information content (AvgIpc) is 2.37. The molecular formula is C15H23NO3. The Morgan fingerprint density at radius 2 is 2.00 bits per heavy atom. The number of methoxy groups -OCH3 is 1. The Morgan fingerprint density at radius 3 is 2.47 bits per heavy atom. The molecule has 0 bridgehead atoms. The zero-order valence-electron chi connectivity index (χ0n) is 12.6. The van der Waals surface area contributed by atoms with Crippen LogP contribution in [0.15, 0.2) is 18.2 Å². The van der Waals surface area contributed by atoms with E-state index in [1.807, 2.05) is 57.8 Å². The molecule has 4 heteroatoms. The van der Waals surface area contributed by atoms with Crippen LogP contribution >= 0.6 is 0 Å². The van der Waals surface area contributed by atoms with Crippen LogP contribution in [-0.2, 0) is 9.53 Å². The van der Waals surface area contributed by atoms with Crippen LogP contribution in [-0.4, -0.2) is 32.3 Å². The number of carbonyl (C=O) groups excluding carboxylic acids is 1. The zero-order chi connectivity index (χ0) is 14.6. The maximum absolute atomic E-state index is 12.0. The number of anilines is 1. The highest BCUT2D eigenvalue weighted by Gasteiger charge is 2.34. The van der Waals surface area contributed by atoms with Crippen LogP contribution in [0.2, 0.25) is 0 Å². The summed E-state index contributed by atoms with van der Waals surface area (Å²) >= 11 is 0. The molecule has 1 rings (SSSR count). The third-order valence-corrected chi connectivity index (χ3v) is 3.38. The Morgan fingerprint density at radius 1 is 1.37 bits per heavy atom. The van der Waals surface area contributed by atoms with Crippen molar-refractivity contribution in [2.24, 2.45) is 0 Å². The van der Waals surface area contributed by atoms with Crippen LogP contribution in [0.25, 0.3) is 0 Å². The van der Waals surface area contributed by atoms with Gasteiger partial charge in [-0.2, -0.15) is 0 Å². The van der Waals surface area contributed by atoms with E-state index in [9.17, 15) is 4.79 Å². The molecule has 0 aromatic heterocycles. The third-order valence-electron chi connectivity index (χ3n) is 3.38. The van der Waals surface area contributed by atoms with E-state index < -0.39 is 5.54 Å². The van der Waals surface area contributed by atoms with E-state index in [-0.39, 0.29) is 5.97 Å². The maximum Gasteiger partial charge on any atom is 0.331 e. The monoisotopic (exact) mass is 265 g/mol. The number of likely N-dealkylation sites (N-methyl/N-ethyl adjacent to an activating group) is 1. The first-order chi connectivity index (χ1) is 8.84. The summed E-state index contributed by atoms with van der Waals surface area (Å²) in [4.78, 5) is 13.9. The second-order valence-corrected chi connectivity index (χ2v) is 4.99. The molecule has 0 atom stereocenters. The maximum atomic E-state index is 12.0. The fourth-order valence-electron chi connectivity index (χ4n) is 1.84. The molecule has 0 aliphatic rings. The molecule has 0 spiro atoms. The Kier molecular flexibility index (Phi) is 4.81. The number of hydrogen-bond donors (Lipinski definition) is 0. The standard InChI is InChI=1S/C15H23NO3/c1-7-19-14(17)15(3,4)16(5)12-8-9-13(18-6)11(2)10-12/h8-10H,7H2,1-6H3. The van der Waals surface area contributed by atoms with Crippen molar-refractivity contribution in [3.63, 3.8) is 0 Å². The molecule has 0 radical (unpaired) electrons. The predicted molar refractivity (Wildman–Crippen MR) is 76.8 cm³/mol. The van der Waals surface area contributed by atoms with Crippen LogP contribution < -0.4 is 9.64 Å². The summed E-state index contributed by atoms with van der Waals surface area (Å²) in [5, 5.41) is 0. The number of rotatable bonds is 5. The van der Waals surface area contributed by atoms with Gasteiger partial charge in [0.05, 0.1) is 13.7 Å². The summed E-state index contributed by atoms with van der Waals surface area (Å²) in [7, 11) is 3.53. The summed E-state index contributed by atoms with van der Waals surface area (Å²) in [5.74, 6) is 0.608. The lowest BCUT2D eigenvalue weighted by molar-refractivity contribution is -0.148. The van der Waals surface area contributed by atoms with Gasteiger partial charge >= 0.3 is 5.97 Å². The normalized spacial score (nSPS) is 11.1. The molecule has 19 heavy (non-hydrogen) atoms. The highest BCUT2D eigenvalue weighted by Crippen LogP contribution is 2.28. The van der Waals surface area contributed by atoms with Crippen molar-refractivity contribution in [1.29, 1.82) is 0 Å². The molecule has 0 saturated carbocycles. The fraction of sp³-hybridized carbons (Fsp3) is 0.533. The second kappa shape index (κ2) is 5.95. The summed E-state index contributed by atoms with van der Waals surface area (Å²) in [5.41, 5.74) is 1.28. The van der Waals surface area contributed by atoms with Gasteiger partial charge in [0.15, 0.2) is 0 Å². The van der Waals surface area contributed by atoms with E-state index in [2.05, 4.69) is 0 Å². The van der Waals surface area contributed by atoms with Gasteiger partial charge in [-0.15, -0.1) is 0 Å². The van der Waals surface area contributed by atoms with Gasteiger partial charge in [0, 0.05) is 12.7 Å². The van der Waals surface area contributed by atoms with E-state index in [0.717, 1.165) is 17.0 Å². The van der Waals surface area contributed by atoms with E-state index in [1.165, 1.54) is 0 Å². The molecule has 0 saturated heterocycles. The Balaban J connectivity index is 3.02. The third kappa shape index (κ3) is 3.19. The van der Waals surface area contributed by atoms with E-state index in [4.69, 9.17) is 9.47 Å². The van der Waals surface area contributed by atoms with Crippen LogP contribution in [0, 0.1) is 6.92 Å². The van der Waals surface area contributed by atoms with Crippen molar-refractivity contribution < 1.29 is 14.3 Å². The summed E-state index contributed by atoms with van der Waals surface area (Å²) < 4.78 is 10.4. The molecule has 1 aromatic carbocycles. The van der Waals surface area contributed by atoms with Crippen molar-refractivity contribution in [1.82, 2.24) is 0 Å². The average molecular weight is 265 g/mol. The lowest BCUT2D eigenvalue weighted by Crippen LogP contribution is -2.49. The number of hydrogen-bond acceptors (Lipinski definition) is 4. The highest BCUT2D eigenvalue weighted by atomic mass is 16.5. The Bertz CT molecular complexity index is 455. The van der Waals surface area contributed by atoms with Gasteiger partial charge in [0.1, 0.15) is 11.3 Å². The van der Waals surface area contributed by atoms with Crippen molar-refractivity contribution in [3.05, 3.63) is 23.8 Å². The van der Waals surface area contributed by atoms with Crippen LogP contribution in [0.4, 0.5) is 5.69 Å². The Hall–Kier alpha value is -1.71. The number of esters is 1. The van der Waals surface area contributed by atoms with Crippen molar-refractivity contribution >= 4 is 11.7 Å². The molecule has 0 aliphatic heterocycles. The molecule has 0 unspecified atom stereocenters. The largest absolute Gasteiger partial charge is 0.496 e. The molecule has 4 nitrogen and oxygen atoms in total. The smallest absolute Gasteiger partial charge is 0.331 e. The molecule has 0 N–H and O–H groups in total. The van der Waals surface area contributed by atoms with E-state index >= 15 is 0 Å². The predicted octanol–water partition coefficient (Wildman–Crippen LogP) is 2.78. The van der Waals surface area contributed by atoms with Crippen LogP contribution in [0.3, 0.4) is 0 Å².